The molecule has 6 unspecified atom stereocenters. The molecule has 0 aliphatic carbocycles. The molecule has 2 aliphatic heterocycles. The minimum Gasteiger partial charge on any atom is -0.394 e. The number of amides is 2. The number of hydroxylamine groups is 2. The molecule has 0 bridgehead atoms. The van der Waals surface area contributed by atoms with Crippen LogP contribution in [-0.2, 0) is 9.47 Å². The zero-order chi connectivity index (χ0) is 27.0. The average Bonchev–Trinajstić information content (AvgIpc) is 3.41. The van der Waals surface area contributed by atoms with Crippen molar-refractivity contribution in [2.75, 3.05) is 13.2 Å². The summed E-state index contributed by atoms with van der Waals surface area (Å²) in [4.78, 5) is 64.4. The zero-order valence-electron chi connectivity index (χ0n) is 20.0. The molecule has 4 rings (SSSR count). The van der Waals surface area contributed by atoms with Gasteiger partial charge in [0, 0.05) is 36.4 Å². The minimum absolute atomic E-state index is 0.0242. The van der Waals surface area contributed by atoms with Crippen LogP contribution in [0.2, 0.25) is 0 Å². The van der Waals surface area contributed by atoms with Gasteiger partial charge in [-0.05, 0) is 13.8 Å². The van der Waals surface area contributed by atoms with Crippen molar-refractivity contribution in [3.63, 3.8) is 0 Å². The van der Waals surface area contributed by atoms with Crippen LogP contribution < -0.4 is 27.8 Å². The normalized spacial score (nSPS) is 27.4. The van der Waals surface area contributed by atoms with Gasteiger partial charge in [-0.2, -0.15) is 0 Å². The van der Waals surface area contributed by atoms with Crippen molar-refractivity contribution in [2.24, 2.45) is 0 Å². The van der Waals surface area contributed by atoms with Gasteiger partial charge in [-0.1, -0.05) is 0 Å². The number of ether oxygens (including phenoxy) is 2. The fourth-order valence-electron chi connectivity index (χ4n) is 4.36. The van der Waals surface area contributed by atoms with Gasteiger partial charge >= 0.3 is 17.4 Å². The summed E-state index contributed by atoms with van der Waals surface area (Å²) in [5, 5.41) is 33.2. The van der Waals surface area contributed by atoms with Crippen LogP contribution >= 0.6 is 0 Å². The number of carbonyl (C=O) groups is 1. The van der Waals surface area contributed by atoms with E-state index in [2.05, 4.69) is 15.3 Å². The van der Waals surface area contributed by atoms with Crippen LogP contribution in [0.4, 0.5) is 4.79 Å². The Balaban J connectivity index is 1.39. The quantitative estimate of drug-likeness (QED) is 0.171. The number of hydrogen-bond acceptors (Lipinski definition) is 10. The largest absolute Gasteiger partial charge is 0.394 e. The summed E-state index contributed by atoms with van der Waals surface area (Å²) >= 11 is 0. The summed E-state index contributed by atoms with van der Waals surface area (Å²) in [6, 6.07) is -1.78. The maximum atomic E-state index is 12.6. The standard InChI is InChI=1S/C21H28N6O10/c1-9-5-25(19(32)23-17(9)30)15-3-11(14(8-28)37-15)22-21(34)27(35)7-13-12(29)4-16(36-13)26-6-10(2)18(31)24-20(26)33/h5-6,11-16,28-29,35H,3-4,7-8H2,1-2H3,(H,22,34)(H,23,30,32)(H,24,31,33). The van der Waals surface area contributed by atoms with Gasteiger partial charge in [-0.15, -0.1) is 0 Å². The Morgan fingerprint density at radius 1 is 1.00 bits per heavy atom. The molecule has 2 fully saturated rings. The number of hydrogen-bond donors (Lipinski definition) is 6. The molecule has 4 heterocycles. The molecule has 0 saturated carbocycles. The molecule has 2 aliphatic rings. The van der Waals surface area contributed by atoms with Crippen molar-refractivity contribution in [2.45, 2.75) is 63.5 Å². The van der Waals surface area contributed by atoms with E-state index in [0.29, 0.717) is 0 Å². The van der Waals surface area contributed by atoms with E-state index in [4.69, 9.17) is 9.47 Å². The number of aliphatic hydroxyl groups is 2. The number of aromatic nitrogens is 4. The van der Waals surface area contributed by atoms with E-state index >= 15 is 0 Å². The zero-order valence-corrected chi connectivity index (χ0v) is 20.0. The van der Waals surface area contributed by atoms with Crippen LogP contribution in [0.15, 0.2) is 31.6 Å². The molecular weight excluding hydrogens is 496 g/mol. The van der Waals surface area contributed by atoms with Crippen LogP contribution in [-0.4, -0.2) is 83.1 Å². The van der Waals surface area contributed by atoms with Gasteiger partial charge in [0.2, 0.25) is 0 Å². The number of aromatic amines is 2. The van der Waals surface area contributed by atoms with E-state index in [0.717, 1.165) is 9.13 Å². The Labute approximate surface area is 207 Å². The first kappa shape index (κ1) is 26.5. The van der Waals surface area contributed by atoms with Crippen LogP contribution in [0.1, 0.15) is 36.4 Å². The van der Waals surface area contributed by atoms with Crippen LogP contribution in [0, 0.1) is 13.8 Å². The maximum Gasteiger partial charge on any atom is 0.341 e. The molecule has 202 valence electrons. The average molecular weight is 524 g/mol. The molecule has 6 atom stereocenters. The molecule has 37 heavy (non-hydrogen) atoms. The van der Waals surface area contributed by atoms with Gasteiger partial charge in [0.15, 0.2) is 0 Å². The Hall–Kier alpha value is -3.57. The van der Waals surface area contributed by atoms with Crippen LogP contribution in [0.25, 0.3) is 0 Å². The van der Waals surface area contributed by atoms with Crippen molar-refractivity contribution < 1.29 is 29.7 Å². The molecule has 16 nitrogen and oxygen atoms in total. The number of nitrogens with zero attached hydrogens (tertiary/aromatic N) is 3. The molecule has 0 spiro atoms. The van der Waals surface area contributed by atoms with Gasteiger partial charge in [-0.3, -0.25) is 33.9 Å². The van der Waals surface area contributed by atoms with Gasteiger partial charge in [0.1, 0.15) is 24.7 Å². The first-order valence-electron chi connectivity index (χ1n) is 11.5. The summed E-state index contributed by atoms with van der Waals surface area (Å²) in [5.74, 6) is 0. The van der Waals surface area contributed by atoms with Crippen molar-refractivity contribution in [3.05, 3.63) is 65.2 Å². The Bertz CT molecular complexity index is 1400. The van der Waals surface area contributed by atoms with E-state index in [1.165, 1.54) is 26.2 Å². The third kappa shape index (κ3) is 5.42. The Morgan fingerprint density at radius 2 is 1.51 bits per heavy atom. The first-order valence-corrected chi connectivity index (χ1v) is 11.5. The predicted molar refractivity (Wildman–Crippen MR) is 123 cm³/mol. The topological polar surface area (TPSA) is 221 Å². The van der Waals surface area contributed by atoms with E-state index in [-0.39, 0.29) is 29.0 Å². The monoisotopic (exact) mass is 524 g/mol. The Kier molecular flexibility index (Phi) is 7.47. The van der Waals surface area contributed by atoms with Gasteiger partial charge < -0.3 is 25.0 Å². The van der Waals surface area contributed by atoms with Crippen LogP contribution in [0.3, 0.4) is 0 Å². The molecule has 0 aromatic carbocycles. The lowest BCUT2D eigenvalue weighted by Crippen LogP contribution is -2.50. The number of urea groups is 1. The third-order valence-corrected chi connectivity index (χ3v) is 6.43. The summed E-state index contributed by atoms with van der Waals surface area (Å²) < 4.78 is 13.6. The highest BCUT2D eigenvalue weighted by Gasteiger charge is 2.40. The molecule has 2 aromatic heterocycles. The van der Waals surface area contributed by atoms with Gasteiger partial charge in [-0.25, -0.2) is 19.4 Å². The van der Waals surface area contributed by atoms with Crippen molar-refractivity contribution in [3.8, 4) is 0 Å². The van der Waals surface area contributed by atoms with Gasteiger partial charge in [0.05, 0.1) is 25.3 Å². The molecule has 0 radical (unpaired) electrons. The third-order valence-electron chi connectivity index (χ3n) is 6.43. The summed E-state index contributed by atoms with van der Waals surface area (Å²) in [7, 11) is 0. The molecule has 2 amide bonds. The van der Waals surface area contributed by atoms with Gasteiger partial charge in [0.25, 0.3) is 11.1 Å². The van der Waals surface area contributed by atoms with Crippen molar-refractivity contribution >= 4 is 6.03 Å². The fourth-order valence-corrected chi connectivity index (χ4v) is 4.36. The minimum atomic E-state index is -1.13. The number of H-pyrrole nitrogens is 2. The number of rotatable bonds is 6. The fraction of sp³-hybridized carbons (Fsp3) is 0.571. The lowest BCUT2D eigenvalue weighted by Gasteiger charge is -2.24. The van der Waals surface area contributed by atoms with E-state index < -0.39 is 78.5 Å². The second-order valence-electron chi connectivity index (χ2n) is 9.08. The molecule has 2 aromatic rings. The highest BCUT2D eigenvalue weighted by atomic mass is 16.6. The van der Waals surface area contributed by atoms with Crippen LogP contribution in [0.5, 0.6) is 0 Å². The highest BCUT2D eigenvalue weighted by Crippen LogP contribution is 2.29. The Morgan fingerprint density at radius 3 is 2.05 bits per heavy atom. The number of carbonyl (C=O) groups excluding carboxylic acids is 1. The summed E-state index contributed by atoms with van der Waals surface area (Å²) in [6.07, 6.45) is -2.28. The number of aliphatic hydroxyl groups excluding tert-OH is 2. The van der Waals surface area contributed by atoms with E-state index in [1.54, 1.807) is 0 Å². The maximum absolute atomic E-state index is 12.6. The second-order valence-corrected chi connectivity index (χ2v) is 9.08. The molecule has 16 heteroatoms. The highest BCUT2D eigenvalue weighted by molar-refractivity contribution is 5.73. The van der Waals surface area contributed by atoms with E-state index in [1.807, 2.05) is 0 Å². The smallest absolute Gasteiger partial charge is 0.341 e. The second kappa shape index (κ2) is 10.4. The summed E-state index contributed by atoms with van der Waals surface area (Å²) in [5.41, 5.74) is -2.00. The lowest BCUT2D eigenvalue weighted by molar-refractivity contribution is -0.104. The van der Waals surface area contributed by atoms with E-state index in [9.17, 15) is 39.4 Å². The van der Waals surface area contributed by atoms with Crippen molar-refractivity contribution in [1.29, 1.82) is 0 Å². The lowest BCUT2D eigenvalue weighted by atomic mass is 10.1. The molecule has 2 saturated heterocycles. The SMILES string of the molecule is Cc1cn(C2CC(O)C(CN(O)C(=O)NC3CC(n4cc(C)c(=O)[nH]c4=O)OC3CO)O2)c(=O)[nH]c1=O. The first-order chi connectivity index (χ1) is 17.5. The molecule has 6 N–H and O–H groups in total. The predicted octanol–water partition coefficient (Wildman–Crippen LogP) is -2.60. The number of aryl methyl sites for hydroxylation is 2. The molecular formula is C21H28N6O10. The summed E-state index contributed by atoms with van der Waals surface area (Å²) in [6.45, 7) is 2.06. The number of nitrogens with one attached hydrogen (secondary N) is 3. The van der Waals surface area contributed by atoms with Crippen molar-refractivity contribution in [1.82, 2.24) is 29.5 Å².